The van der Waals surface area contributed by atoms with Crippen molar-refractivity contribution < 1.29 is 0 Å². The van der Waals surface area contributed by atoms with Crippen LogP contribution in [0.2, 0.25) is 5.02 Å². The predicted octanol–water partition coefficient (Wildman–Crippen LogP) is 3.83. The van der Waals surface area contributed by atoms with Gasteiger partial charge in [-0.3, -0.25) is 0 Å². The normalized spacial score (nSPS) is 35.4. The average Bonchev–Trinajstić information content (AvgIpc) is 2.95. The van der Waals surface area contributed by atoms with Crippen molar-refractivity contribution >= 4 is 11.6 Å². The summed E-state index contributed by atoms with van der Waals surface area (Å²) in [5, 5.41) is 4.62. The van der Waals surface area contributed by atoms with Crippen molar-refractivity contribution in [3.63, 3.8) is 0 Å². The summed E-state index contributed by atoms with van der Waals surface area (Å²) < 4.78 is 0. The van der Waals surface area contributed by atoms with Gasteiger partial charge in [-0.1, -0.05) is 36.7 Å². The third-order valence-electron chi connectivity index (χ3n) is 4.43. The molecule has 0 heterocycles. The van der Waals surface area contributed by atoms with Gasteiger partial charge in [0, 0.05) is 11.1 Å². The van der Waals surface area contributed by atoms with Crippen LogP contribution in [0.3, 0.4) is 0 Å². The van der Waals surface area contributed by atoms with E-state index >= 15 is 0 Å². The summed E-state index contributed by atoms with van der Waals surface area (Å²) >= 11 is 6.22. The van der Waals surface area contributed by atoms with E-state index in [-0.39, 0.29) is 0 Å². The van der Waals surface area contributed by atoms with Crippen molar-refractivity contribution in [3.05, 3.63) is 34.9 Å². The fourth-order valence-electron chi connectivity index (χ4n) is 2.85. The lowest BCUT2D eigenvalue weighted by Gasteiger charge is -2.37. The van der Waals surface area contributed by atoms with Crippen molar-refractivity contribution in [1.29, 1.82) is 0 Å². The number of hydrogen-bond donors (Lipinski definition) is 1. The highest BCUT2D eigenvalue weighted by molar-refractivity contribution is 6.31. The molecule has 0 aliphatic heterocycles. The maximum absolute atomic E-state index is 6.22. The Kier molecular flexibility index (Phi) is 3.14. The van der Waals surface area contributed by atoms with E-state index in [4.69, 9.17) is 11.6 Å². The zero-order valence-corrected chi connectivity index (χ0v) is 11.1. The Morgan fingerprint density at radius 3 is 2.59 bits per heavy atom. The van der Waals surface area contributed by atoms with Gasteiger partial charge in [0.2, 0.25) is 0 Å². The van der Waals surface area contributed by atoms with Crippen LogP contribution in [-0.4, -0.2) is 12.6 Å². The van der Waals surface area contributed by atoms with Crippen LogP contribution in [0.5, 0.6) is 0 Å². The van der Waals surface area contributed by atoms with Crippen LogP contribution in [0.15, 0.2) is 24.3 Å². The molecule has 2 saturated carbocycles. The van der Waals surface area contributed by atoms with E-state index in [1.165, 1.54) is 31.4 Å². The van der Waals surface area contributed by atoms with Crippen LogP contribution in [-0.2, 0) is 0 Å². The average molecular weight is 250 g/mol. The van der Waals surface area contributed by atoms with Crippen LogP contribution in [0.1, 0.15) is 37.7 Å². The van der Waals surface area contributed by atoms with Crippen LogP contribution < -0.4 is 5.32 Å². The highest BCUT2D eigenvalue weighted by Gasteiger charge is 2.35. The number of hydrogen-bond acceptors (Lipinski definition) is 1. The Morgan fingerprint density at radius 2 is 1.94 bits per heavy atom. The molecule has 3 rings (SSSR count). The maximum Gasteiger partial charge on any atom is 0.0440 e. The molecule has 1 aromatic rings. The molecule has 2 unspecified atom stereocenters. The van der Waals surface area contributed by atoms with Gasteiger partial charge < -0.3 is 5.32 Å². The zero-order chi connectivity index (χ0) is 11.8. The lowest BCUT2D eigenvalue weighted by Crippen LogP contribution is -2.41. The number of nitrogens with one attached hydrogen (secondary N) is 1. The van der Waals surface area contributed by atoms with Gasteiger partial charge in [0.1, 0.15) is 0 Å². The Balaban J connectivity index is 1.46. The Bertz CT molecular complexity index is 398. The van der Waals surface area contributed by atoms with E-state index in [1.807, 2.05) is 12.1 Å². The standard InChI is InChI=1S/C15H20ClN/c1-10-6-12(10)9-17-13-7-11(8-13)14-4-2-3-5-15(14)16/h2-5,10-13,17H,6-9H2,1H3. The van der Waals surface area contributed by atoms with Gasteiger partial charge in [-0.15, -0.1) is 0 Å². The fourth-order valence-corrected chi connectivity index (χ4v) is 3.14. The topological polar surface area (TPSA) is 12.0 Å². The van der Waals surface area contributed by atoms with Crippen molar-refractivity contribution in [3.8, 4) is 0 Å². The second-order valence-electron chi connectivity index (χ2n) is 5.77. The van der Waals surface area contributed by atoms with E-state index < -0.39 is 0 Å². The molecule has 2 aliphatic rings. The van der Waals surface area contributed by atoms with Crippen LogP contribution >= 0.6 is 11.6 Å². The van der Waals surface area contributed by atoms with Gasteiger partial charge in [-0.05, 0) is 55.2 Å². The summed E-state index contributed by atoms with van der Waals surface area (Å²) in [4.78, 5) is 0. The molecule has 0 bridgehead atoms. The molecule has 1 N–H and O–H groups in total. The highest BCUT2D eigenvalue weighted by Crippen LogP contribution is 2.41. The number of halogens is 1. The minimum Gasteiger partial charge on any atom is -0.314 e. The first-order valence-electron chi connectivity index (χ1n) is 6.72. The molecular weight excluding hydrogens is 230 g/mol. The van der Waals surface area contributed by atoms with Crippen molar-refractivity contribution in [1.82, 2.24) is 5.32 Å². The molecule has 1 nitrogen and oxygen atoms in total. The highest BCUT2D eigenvalue weighted by atomic mass is 35.5. The Labute approximate surface area is 109 Å². The molecule has 2 aliphatic carbocycles. The quantitative estimate of drug-likeness (QED) is 0.855. The number of rotatable bonds is 4. The zero-order valence-electron chi connectivity index (χ0n) is 10.3. The minimum absolute atomic E-state index is 0.679. The molecule has 17 heavy (non-hydrogen) atoms. The first-order valence-corrected chi connectivity index (χ1v) is 7.09. The molecule has 0 spiro atoms. The third kappa shape index (κ3) is 2.51. The van der Waals surface area contributed by atoms with E-state index in [9.17, 15) is 0 Å². The summed E-state index contributed by atoms with van der Waals surface area (Å²) in [6, 6.07) is 9.00. The second kappa shape index (κ2) is 4.62. The molecule has 0 aromatic heterocycles. The lowest BCUT2D eigenvalue weighted by atomic mass is 9.76. The van der Waals surface area contributed by atoms with Gasteiger partial charge in [0.25, 0.3) is 0 Å². The van der Waals surface area contributed by atoms with Crippen molar-refractivity contribution in [2.45, 2.75) is 38.1 Å². The molecular formula is C15H20ClN. The monoisotopic (exact) mass is 249 g/mol. The first-order chi connectivity index (χ1) is 8.24. The van der Waals surface area contributed by atoms with Crippen molar-refractivity contribution in [2.75, 3.05) is 6.54 Å². The summed E-state index contributed by atoms with van der Waals surface area (Å²) in [6.07, 6.45) is 3.93. The molecule has 2 atom stereocenters. The van der Waals surface area contributed by atoms with Gasteiger partial charge in [-0.25, -0.2) is 0 Å². The smallest absolute Gasteiger partial charge is 0.0440 e. The van der Waals surface area contributed by atoms with E-state index in [0.29, 0.717) is 5.92 Å². The molecule has 2 fully saturated rings. The lowest BCUT2D eigenvalue weighted by molar-refractivity contribution is 0.287. The summed E-state index contributed by atoms with van der Waals surface area (Å²) in [5.74, 6) is 2.59. The molecule has 2 heteroatoms. The van der Waals surface area contributed by atoms with Crippen LogP contribution in [0, 0.1) is 11.8 Å². The van der Waals surface area contributed by atoms with Gasteiger partial charge in [0.05, 0.1) is 0 Å². The SMILES string of the molecule is CC1CC1CNC1CC(c2ccccc2Cl)C1. The number of benzene rings is 1. The van der Waals surface area contributed by atoms with E-state index in [0.717, 1.165) is 22.9 Å². The van der Waals surface area contributed by atoms with Gasteiger partial charge in [0.15, 0.2) is 0 Å². The first kappa shape index (κ1) is 11.6. The Morgan fingerprint density at radius 1 is 1.24 bits per heavy atom. The van der Waals surface area contributed by atoms with Crippen LogP contribution in [0.25, 0.3) is 0 Å². The van der Waals surface area contributed by atoms with Gasteiger partial charge in [-0.2, -0.15) is 0 Å². The van der Waals surface area contributed by atoms with Gasteiger partial charge >= 0.3 is 0 Å². The summed E-state index contributed by atoms with van der Waals surface area (Å²) in [7, 11) is 0. The van der Waals surface area contributed by atoms with Crippen LogP contribution in [0.4, 0.5) is 0 Å². The molecule has 1 aromatic carbocycles. The second-order valence-corrected chi connectivity index (χ2v) is 6.18. The summed E-state index contributed by atoms with van der Waals surface area (Å²) in [5.41, 5.74) is 1.34. The van der Waals surface area contributed by atoms with E-state index in [2.05, 4.69) is 24.4 Å². The largest absolute Gasteiger partial charge is 0.314 e. The maximum atomic E-state index is 6.22. The minimum atomic E-state index is 0.679. The fraction of sp³-hybridized carbons (Fsp3) is 0.600. The predicted molar refractivity (Wildman–Crippen MR) is 72.5 cm³/mol. The Hall–Kier alpha value is -0.530. The molecule has 0 amide bonds. The third-order valence-corrected chi connectivity index (χ3v) is 4.77. The molecule has 92 valence electrons. The van der Waals surface area contributed by atoms with E-state index in [1.54, 1.807) is 0 Å². The molecule has 0 saturated heterocycles. The summed E-state index contributed by atoms with van der Waals surface area (Å²) in [6.45, 7) is 3.57. The molecule has 0 radical (unpaired) electrons. The van der Waals surface area contributed by atoms with Crippen molar-refractivity contribution in [2.24, 2.45) is 11.8 Å².